The van der Waals surface area contributed by atoms with Crippen LogP contribution in [0.3, 0.4) is 0 Å². The van der Waals surface area contributed by atoms with Crippen LogP contribution in [0.4, 0.5) is 0 Å². The molecule has 31 heavy (non-hydrogen) atoms. The highest BCUT2D eigenvalue weighted by Crippen LogP contribution is 2.13. The van der Waals surface area contributed by atoms with E-state index in [2.05, 4.69) is 26.9 Å². The Labute approximate surface area is 189 Å². The minimum absolute atomic E-state index is 1.03. The van der Waals surface area contributed by atoms with E-state index in [9.17, 15) is 0 Å². The molecule has 2 aromatic heterocycles. The molecule has 0 atom stereocenters. The molecule has 2 N–H and O–H groups in total. The molecule has 0 unspecified atom stereocenters. The maximum Gasteiger partial charge on any atom is 0.105 e. The normalized spacial score (nSPS) is 10.9. The number of aromatic nitrogens is 4. The van der Waals surface area contributed by atoms with Gasteiger partial charge in [-0.05, 0) is 18.6 Å². The molecule has 1 aromatic carbocycles. The molecular weight excluding hydrogens is 380 g/mol. The summed E-state index contributed by atoms with van der Waals surface area (Å²) in [5, 5.41) is 0. The Balaban J connectivity index is 0.000000309. The monoisotopic (exact) mass is 424 g/mol. The fourth-order valence-corrected chi connectivity index (χ4v) is 3.98. The van der Waals surface area contributed by atoms with Crippen LogP contribution in [-0.2, 0) is 6.42 Å². The topological polar surface area (TPSA) is 57.4 Å². The van der Waals surface area contributed by atoms with Crippen molar-refractivity contribution in [1.82, 2.24) is 19.9 Å². The summed E-state index contributed by atoms with van der Waals surface area (Å²) in [4.78, 5) is 14.5. The number of imidazole rings is 2. The summed E-state index contributed by atoms with van der Waals surface area (Å²) in [5.74, 6) is 1.15. The molecule has 0 spiro atoms. The van der Waals surface area contributed by atoms with Crippen LogP contribution in [0.5, 0.6) is 0 Å². The number of hydrogen-bond acceptors (Lipinski definition) is 2. The fraction of sp³-hybridized carbons (Fsp3) is 0.630. The fourth-order valence-electron chi connectivity index (χ4n) is 3.98. The van der Waals surface area contributed by atoms with Crippen molar-refractivity contribution in [1.29, 1.82) is 0 Å². The van der Waals surface area contributed by atoms with Gasteiger partial charge in [0.05, 0.1) is 17.4 Å². The molecule has 4 nitrogen and oxygen atoms in total. The molecule has 0 aliphatic rings. The first kappa shape index (κ1) is 25.2. The highest BCUT2D eigenvalue weighted by atomic mass is 14.9. The molecule has 172 valence electrons. The van der Waals surface area contributed by atoms with Gasteiger partial charge in [-0.3, -0.25) is 0 Å². The van der Waals surface area contributed by atoms with Gasteiger partial charge in [-0.1, -0.05) is 109 Å². The Morgan fingerprint density at radius 2 is 1.23 bits per heavy atom. The van der Waals surface area contributed by atoms with Gasteiger partial charge in [0.2, 0.25) is 0 Å². The third kappa shape index (κ3) is 12.4. The lowest BCUT2D eigenvalue weighted by atomic mass is 10.0. The van der Waals surface area contributed by atoms with Crippen LogP contribution in [0.2, 0.25) is 0 Å². The third-order valence-corrected chi connectivity index (χ3v) is 5.90. The lowest BCUT2D eigenvalue weighted by molar-refractivity contribution is 0.531. The van der Waals surface area contributed by atoms with E-state index in [4.69, 9.17) is 0 Å². The van der Waals surface area contributed by atoms with Crippen molar-refractivity contribution in [2.75, 3.05) is 0 Å². The van der Waals surface area contributed by atoms with Gasteiger partial charge in [-0.2, -0.15) is 0 Å². The average Bonchev–Trinajstić information content (AvgIpc) is 3.49. The van der Waals surface area contributed by atoms with E-state index in [1.165, 1.54) is 96.3 Å². The second kappa shape index (κ2) is 17.6. The zero-order valence-corrected chi connectivity index (χ0v) is 19.7. The summed E-state index contributed by atoms with van der Waals surface area (Å²) in [5.41, 5.74) is 2.12. The van der Waals surface area contributed by atoms with Gasteiger partial charge < -0.3 is 9.97 Å². The lowest BCUT2D eigenvalue weighted by Gasteiger charge is -2.03. The summed E-state index contributed by atoms with van der Waals surface area (Å²) in [6, 6.07) is 7.94. The van der Waals surface area contributed by atoms with Crippen molar-refractivity contribution in [2.45, 2.75) is 110 Å². The maximum absolute atomic E-state index is 4.26. The number of hydrogen-bond donors (Lipinski definition) is 2. The number of aromatic amines is 2. The largest absolute Gasteiger partial charge is 0.349 e. The van der Waals surface area contributed by atoms with Gasteiger partial charge in [0.1, 0.15) is 5.82 Å². The molecule has 3 aromatic rings. The van der Waals surface area contributed by atoms with Crippen LogP contribution in [0.25, 0.3) is 11.0 Å². The van der Waals surface area contributed by atoms with Gasteiger partial charge in [0.25, 0.3) is 0 Å². The second-order valence-electron chi connectivity index (χ2n) is 8.66. The van der Waals surface area contributed by atoms with E-state index in [-0.39, 0.29) is 0 Å². The standard InChI is InChI=1S/C20H38N2.C7H6N2/c1-2-3-4-5-6-7-8-9-10-11-12-13-14-15-16-17-20-21-18-19-22-20;1-2-4-7-6(3-1)8-5-9-7/h18-19H,2-17H2,1H3,(H,21,22);1-5H,(H,8,9). The molecule has 0 saturated heterocycles. The van der Waals surface area contributed by atoms with Crippen LogP contribution in [-0.4, -0.2) is 19.9 Å². The molecule has 0 saturated carbocycles. The minimum Gasteiger partial charge on any atom is -0.349 e. The van der Waals surface area contributed by atoms with Gasteiger partial charge in [-0.15, -0.1) is 0 Å². The van der Waals surface area contributed by atoms with E-state index in [0.717, 1.165) is 23.3 Å². The predicted molar refractivity (Wildman–Crippen MR) is 133 cm³/mol. The van der Waals surface area contributed by atoms with Crippen molar-refractivity contribution in [3.8, 4) is 0 Å². The average molecular weight is 425 g/mol. The quantitative estimate of drug-likeness (QED) is 0.227. The van der Waals surface area contributed by atoms with Crippen molar-refractivity contribution in [3.63, 3.8) is 0 Å². The molecule has 2 heterocycles. The first-order valence-electron chi connectivity index (χ1n) is 12.8. The van der Waals surface area contributed by atoms with Crippen molar-refractivity contribution < 1.29 is 0 Å². The van der Waals surface area contributed by atoms with Crippen LogP contribution >= 0.6 is 0 Å². The third-order valence-electron chi connectivity index (χ3n) is 5.90. The highest BCUT2D eigenvalue weighted by Gasteiger charge is 1.96. The molecule has 0 aliphatic carbocycles. The Hall–Kier alpha value is -2.10. The van der Waals surface area contributed by atoms with Crippen LogP contribution in [0, 0.1) is 0 Å². The Bertz CT molecular complexity index is 717. The van der Waals surface area contributed by atoms with Gasteiger partial charge in [-0.25, -0.2) is 9.97 Å². The molecule has 0 aliphatic heterocycles. The van der Waals surface area contributed by atoms with E-state index >= 15 is 0 Å². The SMILES string of the molecule is CCCCCCCCCCCCCCCCCc1ncc[nH]1.c1ccc2[nH]cnc2c1. The number of nitrogens with one attached hydrogen (secondary N) is 2. The molecule has 0 bridgehead atoms. The maximum atomic E-state index is 4.26. The molecule has 0 fully saturated rings. The number of fused-ring (bicyclic) bond motifs is 1. The van der Waals surface area contributed by atoms with Gasteiger partial charge >= 0.3 is 0 Å². The smallest absolute Gasteiger partial charge is 0.105 e. The minimum atomic E-state index is 1.03. The zero-order valence-electron chi connectivity index (χ0n) is 19.7. The van der Waals surface area contributed by atoms with Crippen LogP contribution in [0.15, 0.2) is 43.0 Å². The number of nitrogens with zero attached hydrogens (tertiary/aromatic N) is 2. The molecular formula is C27H44N4. The Morgan fingerprint density at radius 3 is 1.77 bits per heavy atom. The van der Waals surface area contributed by atoms with E-state index in [1.807, 2.05) is 36.7 Å². The Morgan fingerprint density at radius 1 is 0.645 bits per heavy atom. The number of aryl methyl sites for hydroxylation is 1. The molecule has 0 amide bonds. The lowest BCUT2D eigenvalue weighted by Crippen LogP contribution is -1.88. The predicted octanol–water partition coefficient (Wildman–Crippen LogP) is 8.39. The summed E-state index contributed by atoms with van der Waals surface area (Å²) >= 11 is 0. The number of unbranched alkanes of at least 4 members (excludes halogenated alkanes) is 14. The van der Waals surface area contributed by atoms with E-state index in [1.54, 1.807) is 6.33 Å². The van der Waals surface area contributed by atoms with Crippen LogP contribution < -0.4 is 0 Å². The zero-order chi connectivity index (χ0) is 21.8. The second-order valence-corrected chi connectivity index (χ2v) is 8.66. The summed E-state index contributed by atoms with van der Waals surface area (Å²) in [7, 11) is 0. The van der Waals surface area contributed by atoms with Crippen molar-refractivity contribution in [3.05, 3.63) is 48.8 Å². The van der Waals surface area contributed by atoms with E-state index < -0.39 is 0 Å². The summed E-state index contributed by atoms with van der Waals surface area (Å²) in [6.45, 7) is 2.29. The first-order valence-corrected chi connectivity index (χ1v) is 12.8. The van der Waals surface area contributed by atoms with Crippen molar-refractivity contribution >= 4 is 11.0 Å². The van der Waals surface area contributed by atoms with E-state index in [0.29, 0.717) is 0 Å². The number of benzene rings is 1. The molecule has 3 rings (SSSR count). The number of rotatable bonds is 16. The number of para-hydroxylation sites is 2. The number of H-pyrrole nitrogens is 2. The van der Waals surface area contributed by atoms with Gasteiger partial charge in [0, 0.05) is 18.8 Å². The van der Waals surface area contributed by atoms with Gasteiger partial charge in [0.15, 0.2) is 0 Å². The summed E-state index contributed by atoms with van der Waals surface area (Å²) in [6.07, 6.45) is 28.0. The molecule has 4 heteroatoms. The Kier molecular flexibility index (Phi) is 14.3. The van der Waals surface area contributed by atoms with Crippen molar-refractivity contribution in [2.24, 2.45) is 0 Å². The molecule has 0 radical (unpaired) electrons. The highest BCUT2D eigenvalue weighted by molar-refractivity contribution is 5.73. The first-order chi connectivity index (χ1) is 15.4. The summed E-state index contributed by atoms with van der Waals surface area (Å²) < 4.78 is 0. The van der Waals surface area contributed by atoms with Crippen LogP contribution in [0.1, 0.15) is 109 Å².